The molecule has 2 rings (SSSR count). The van der Waals surface area contributed by atoms with Crippen LogP contribution in [0.25, 0.3) is 0 Å². The van der Waals surface area contributed by atoms with Crippen molar-refractivity contribution in [2.45, 2.75) is 26.8 Å². The first-order valence-electron chi connectivity index (χ1n) is 7.81. The summed E-state index contributed by atoms with van der Waals surface area (Å²) in [6.45, 7) is 5.78. The molecule has 1 heterocycles. The summed E-state index contributed by atoms with van der Waals surface area (Å²) < 4.78 is 4.81. The minimum atomic E-state index is -0.449. The van der Waals surface area contributed by atoms with Crippen LogP contribution in [0.15, 0.2) is 24.3 Å². The summed E-state index contributed by atoms with van der Waals surface area (Å²) in [6.07, 6.45) is 0. The molecule has 0 aliphatic carbocycles. The van der Waals surface area contributed by atoms with E-state index in [4.69, 9.17) is 16.3 Å². The number of halogens is 1. The molecule has 0 radical (unpaired) electrons. The number of hydrogen-bond acceptors (Lipinski definition) is 5. The van der Waals surface area contributed by atoms with Crippen LogP contribution in [0.4, 0.5) is 5.00 Å². The van der Waals surface area contributed by atoms with Gasteiger partial charge in [0.1, 0.15) is 5.00 Å². The maximum atomic E-state index is 12.3. The largest absolute Gasteiger partial charge is 0.465 e. The first-order valence-corrected chi connectivity index (χ1v) is 9.00. The van der Waals surface area contributed by atoms with Gasteiger partial charge in [0.2, 0.25) is 5.91 Å². The van der Waals surface area contributed by atoms with Crippen LogP contribution in [0, 0.1) is 13.8 Å². The Labute approximate surface area is 156 Å². The molecule has 5 nitrogen and oxygen atoms in total. The Morgan fingerprint density at radius 1 is 1.28 bits per heavy atom. The number of methoxy groups -OCH3 is 1. The van der Waals surface area contributed by atoms with E-state index in [9.17, 15) is 9.59 Å². The summed E-state index contributed by atoms with van der Waals surface area (Å²) in [7, 11) is 1.33. The average molecular weight is 381 g/mol. The van der Waals surface area contributed by atoms with Crippen molar-refractivity contribution in [1.82, 2.24) is 5.32 Å². The predicted octanol–water partition coefficient (Wildman–Crippen LogP) is 4.09. The molecule has 25 heavy (non-hydrogen) atoms. The SMILES string of the molecule is COC(=O)c1c(NC(=O)CN[C@@H](C)c2ccccc2Cl)sc(C)c1C. The van der Waals surface area contributed by atoms with Gasteiger partial charge in [-0.1, -0.05) is 29.8 Å². The van der Waals surface area contributed by atoms with Gasteiger partial charge in [0, 0.05) is 15.9 Å². The second-order valence-corrected chi connectivity index (χ2v) is 7.28. The summed E-state index contributed by atoms with van der Waals surface area (Å²) in [6, 6.07) is 7.42. The zero-order chi connectivity index (χ0) is 18.6. The molecule has 0 fully saturated rings. The van der Waals surface area contributed by atoms with E-state index < -0.39 is 5.97 Å². The second kappa shape index (κ2) is 8.47. The fourth-order valence-corrected chi connectivity index (χ4v) is 3.78. The summed E-state index contributed by atoms with van der Waals surface area (Å²) in [4.78, 5) is 25.2. The molecule has 2 N–H and O–H groups in total. The van der Waals surface area contributed by atoms with Crippen molar-refractivity contribution in [3.63, 3.8) is 0 Å². The van der Waals surface area contributed by atoms with Crippen molar-refractivity contribution >= 4 is 39.8 Å². The van der Waals surface area contributed by atoms with E-state index >= 15 is 0 Å². The number of hydrogen-bond donors (Lipinski definition) is 2. The quantitative estimate of drug-likeness (QED) is 0.740. The van der Waals surface area contributed by atoms with Crippen LogP contribution in [0.1, 0.15) is 39.3 Å². The van der Waals surface area contributed by atoms with Crippen molar-refractivity contribution in [3.8, 4) is 0 Å². The number of nitrogens with one attached hydrogen (secondary N) is 2. The zero-order valence-electron chi connectivity index (χ0n) is 14.6. The Balaban J connectivity index is 2.03. The Bertz CT molecular complexity index is 789. The molecule has 0 unspecified atom stereocenters. The Morgan fingerprint density at radius 3 is 2.60 bits per heavy atom. The van der Waals surface area contributed by atoms with E-state index in [0.717, 1.165) is 16.0 Å². The van der Waals surface area contributed by atoms with Crippen LogP contribution in [0.5, 0.6) is 0 Å². The number of carbonyl (C=O) groups excluding carboxylic acids is 2. The third-order valence-electron chi connectivity index (χ3n) is 3.97. The lowest BCUT2D eigenvalue weighted by Crippen LogP contribution is -2.30. The Hall–Kier alpha value is -1.89. The summed E-state index contributed by atoms with van der Waals surface area (Å²) in [5.41, 5.74) is 2.16. The van der Waals surface area contributed by atoms with Crippen molar-refractivity contribution in [1.29, 1.82) is 0 Å². The lowest BCUT2D eigenvalue weighted by Gasteiger charge is -2.15. The van der Waals surface area contributed by atoms with Crippen LogP contribution < -0.4 is 10.6 Å². The molecule has 0 saturated carbocycles. The molecule has 134 valence electrons. The molecule has 1 aromatic heterocycles. The maximum absolute atomic E-state index is 12.3. The summed E-state index contributed by atoms with van der Waals surface area (Å²) >= 11 is 7.53. The number of rotatable bonds is 6. The molecule has 0 bridgehead atoms. The van der Waals surface area contributed by atoms with Crippen molar-refractivity contribution in [3.05, 3.63) is 50.9 Å². The molecule has 1 aromatic carbocycles. The summed E-state index contributed by atoms with van der Waals surface area (Å²) in [5, 5.41) is 7.09. The van der Waals surface area contributed by atoms with E-state index in [-0.39, 0.29) is 18.5 Å². The van der Waals surface area contributed by atoms with Gasteiger partial charge >= 0.3 is 5.97 Å². The zero-order valence-corrected chi connectivity index (χ0v) is 16.2. The van der Waals surface area contributed by atoms with Crippen LogP contribution in [-0.2, 0) is 9.53 Å². The van der Waals surface area contributed by atoms with Gasteiger partial charge in [-0.2, -0.15) is 0 Å². The lowest BCUT2D eigenvalue weighted by atomic mass is 10.1. The molecule has 7 heteroatoms. The molecule has 0 spiro atoms. The third-order valence-corrected chi connectivity index (χ3v) is 5.44. The molecule has 0 aliphatic rings. The highest BCUT2D eigenvalue weighted by molar-refractivity contribution is 7.16. The minimum absolute atomic E-state index is 0.0775. The first kappa shape index (κ1) is 19.4. The van der Waals surface area contributed by atoms with Crippen LogP contribution in [-0.4, -0.2) is 25.5 Å². The molecule has 0 aliphatic heterocycles. The highest BCUT2D eigenvalue weighted by atomic mass is 35.5. The normalized spacial score (nSPS) is 11.9. The van der Waals surface area contributed by atoms with E-state index in [1.54, 1.807) is 0 Å². The van der Waals surface area contributed by atoms with Gasteiger partial charge in [-0.15, -0.1) is 11.3 Å². The van der Waals surface area contributed by atoms with Gasteiger partial charge < -0.3 is 15.4 Å². The fraction of sp³-hybridized carbons (Fsp3) is 0.333. The van der Waals surface area contributed by atoms with Crippen molar-refractivity contribution < 1.29 is 14.3 Å². The number of aryl methyl sites for hydroxylation is 1. The van der Waals surface area contributed by atoms with Gasteiger partial charge in [-0.3, -0.25) is 4.79 Å². The smallest absolute Gasteiger partial charge is 0.341 e. The molecular weight excluding hydrogens is 360 g/mol. The van der Waals surface area contributed by atoms with Gasteiger partial charge in [0.25, 0.3) is 0 Å². The summed E-state index contributed by atoms with van der Waals surface area (Å²) in [5.74, 6) is -0.681. The first-order chi connectivity index (χ1) is 11.8. The lowest BCUT2D eigenvalue weighted by molar-refractivity contribution is -0.115. The van der Waals surface area contributed by atoms with Crippen LogP contribution in [0.3, 0.4) is 0 Å². The van der Waals surface area contributed by atoms with Crippen LogP contribution >= 0.6 is 22.9 Å². The van der Waals surface area contributed by atoms with Gasteiger partial charge in [-0.05, 0) is 38.0 Å². The van der Waals surface area contributed by atoms with Crippen LogP contribution in [0.2, 0.25) is 5.02 Å². The average Bonchev–Trinajstić information content (AvgIpc) is 2.86. The van der Waals surface area contributed by atoms with E-state index in [1.165, 1.54) is 18.4 Å². The van der Waals surface area contributed by atoms with E-state index in [2.05, 4.69) is 10.6 Å². The number of amides is 1. The Kier molecular flexibility index (Phi) is 6.58. The molecular formula is C18H21ClN2O3S. The number of carbonyl (C=O) groups is 2. The third kappa shape index (κ3) is 4.60. The monoisotopic (exact) mass is 380 g/mol. The van der Waals surface area contributed by atoms with Crippen molar-refractivity contribution in [2.24, 2.45) is 0 Å². The molecule has 1 amide bonds. The second-order valence-electron chi connectivity index (χ2n) is 5.65. The molecule has 0 saturated heterocycles. The number of anilines is 1. The number of thiophene rings is 1. The van der Waals surface area contributed by atoms with Gasteiger partial charge in [-0.25, -0.2) is 4.79 Å². The fourth-order valence-electron chi connectivity index (χ4n) is 2.42. The highest BCUT2D eigenvalue weighted by Crippen LogP contribution is 2.32. The minimum Gasteiger partial charge on any atom is -0.465 e. The van der Waals surface area contributed by atoms with Crippen molar-refractivity contribution in [2.75, 3.05) is 19.0 Å². The molecule has 1 atom stereocenters. The number of benzene rings is 1. The number of esters is 1. The standard InChI is InChI=1S/C18H21ClN2O3S/c1-10-12(3)25-17(16(10)18(23)24-4)21-15(22)9-20-11(2)13-7-5-6-8-14(13)19/h5-8,11,20H,9H2,1-4H3,(H,21,22)/t11-/m0/s1. The van der Waals surface area contributed by atoms with Gasteiger partial charge in [0.05, 0.1) is 19.2 Å². The van der Waals surface area contributed by atoms with E-state index in [1.807, 2.05) is 45.0 Å². The predicted molar refractivity (Wildman–Crippen MR) is 102 cm³/mol. The van der Waals surface area contributed by atoms with Gasteiger partial charge in [0.15, 0.2) is 0 Å². The topological polar surface area (TPSA) is 67.4 Å². The molecule has 2 aromatic rings. The highest BCUT2D eigenvalue weighted by Gasteiger charge is 2.21. The Morgan fingerprint density at radius 2 is 1.96 bits per heavy atom. The number of ether oxygens (including phenoxy) is 1. The maximum Gasteiger partial charge on any atom is 0.341 e. The van der Waals surface area contributed by atoms with E-state index in [0.29, 0.717) is 15.6 Å².